The van der Waals surface area contributed by atoms with Crippen molar-refractivity contribution >= 4 is 11.6 Å². The number of anilines is 1. The van der Waals surface area contributed by atoms with Crippen LogP contribution in [-0.4, -0.2) is 22.0 Å². The number of carbonyl (C=O) groups excluding carboxylic acids is 1. The number of nitrogens with zero attached hydrogens (tertiary/aromatic N) is 1. The van der Waals surface area contributed by atoms with Crippen molar-refractivity contribution in [3.05, 3.63) is 53.9 Å². The highest BCUT2D eigenvalue weighted by Crippen LogP contribution is 2.12. The van der Waals surface area contributed by atoms with Gasteiger partial charge in [-0.15, -0.1) is 0 Å². The summed E-state index contributed by atoms with van der Waals surface area (Å²) in [7, 11) is 0. The molecule has 4 N–H and O–H groups in total. The Balaban J connectivity index is 1.94. The first-order valence-corrected chi connectivity index (χ1v) is 6.31. The molecule has 5 heteroatoms. The van der Waals surface area contributed by atoms with Gasteiger partial charge in [0.1, 0.15) is 5.75 Å². The Morgan fingerprint density at radius 3 is 2.60 bits per heavy atom. The number of benzene rings is 1. The van der Waals surface area contributed by atoms with Gasteiger partial charge < -0.3 is 16.2 Å². The van der Waals surface area contributed by atoms with Gasteiger partial charge in [-0.1, -0.05) is 12.1 Å². The van der Waals surface area contributed by atoms with Crippen LogP contribution >= 0.6 is 0 Å². The van der Waals surface area contributed by atoms with Crippen LogP contribution in [0.2, 0.25) is 0 Å². The van der Waals surface area contributed by atoms with E-state index in [0.717, 1.165) is 11.3 Å². The average molecular weight is 271 g/mol. The zero-order valence-corrected chi connectivity index (χ0v) is 11.2. The largest absolute Gasteiger partial charge is 0.508 e. The maximum absolute atomic E-state index is 12.0. The predicted octanol–water partition coefficient (Wildman–Crippen LogP) is 1.60. The molecule has 1 aromatic carbocycles. The standard InChI is InChI=1S/C15H17N3O2/c1-10-2-5-12(9-17-10)18-15(20)14(16)8-11-3-6-13(19)7-4-11/h2-7,9,14,19H,8,16H2,1H3,(H,18,20)/t14-/m0/s1. The molecule has 0 saturated heterocycles. The Hall–Kier alpha value is -2.40. The van der Waals surface area contributed by atoms with E-state index in [4.69, 9.17) is 5.73 Å². The number of aromatic nitrogens is 1. The Morgan fingerprint density at radius 1 is 1.30 bits per heavy atom. The lowest BCUT2D eigenvalue weighted by Crippen LogP contribution is -2.37. The van der Waals surface area contributed by atoms with Crippen LogP contribution in [0.15, 0.2) is 42.6 Å². The van der Waals surface area contributed by atoms with E-state index in [1.54, 1.807) is 36.5 Å². The number of pyridine rings is 1. The van der Waals surface area contributed by atoms with Crippen LogP contribution in [0.25, 0.3) is 0 Å². The molecule has 0 spiro atoms. The van der Waals surface area contributed by atoms with E-state index in [1.807, 2.05) is 13.0 Å². The van der Waals surface area contributed by atoms with E-state index in [9.17, 15) is 9.90 Å². The van der Waals surface area contributed by atoms with Gasteiger partial charge in [-0.25, -0.2) is 0 Å². The molecule has 1 heterocycles. The fourth-order valence-corrected chi connectivity index (χ4v) is 1.76. The average Bonchev–Trinajstić information content (AvgIpc) is 2.44. The highest BCUT2D eigenvalue weighted by Gasteiger charge is 2.14. The minimum absolute atomic E-state index is 0.192. The quantitative estimate of drug-likeness (QED) is 0.788. The van der Waals surface area contributed by atoms with Gasteiger partial charge >= 0.3 is 0 Å². The number of aryl methyl sites for hydroxylation is 1. The van der Waals surface area contributed by atoms with Crippen LogP contribution in [0.1, 0.15) is 11.3 Å². The maximum atomic E-state index is 12.0. The summed E-state index contributed by atoms with van der Waals surface area (Å²) in [5.74, 6) is -0.0683. The first kappa shape index (κ1) is 14.0. The summed E-state index contributed by atoms with van der Waals surface area (Å²) in [5.41, 5.74) is 8.28. The zero-order valence-electron chi connectivity index (χ0n) is 11.2. The molecule has 5 nitrogen and oxygen atoms in total. The Morgan fingerprint density at radius 2 is 2.00 bits per heavy atom. The first-order valence-electron chi connectivity index (χ1n) is 6.31. The lowest BCUT2D eigenvalue weighted by atomic mass is 10.1. The Kier molecular flexibility index (Phi) is 4.32. The summed E-state index contributed by atoms with van der Waals surface area (Å²) in [5, 5.41) is 11.9. The van der Waals surface area contributed by atoms with Gasteiger partial charge in [0.2, 0.25) is 5.91 Å². The van der Waals surface area contributed by atoms with E-state index >= 15 is 0 Å². The zero-order chi connectivity index (χ0) is 14.5. The van der Waals surface area contributed by atoms with Crippen molar-refractivity contribution in [2.45, 2.75) is 19.4 Å². The number of carbonyl (C=O) groups is 1. The molecule has 0 aliphatic rings. The Labute approximate surface area is 117 Å². The molecule has 0 fully saturated rings. The van der Waals surface area contributed by atoms with Crippen LogP contribution in [0.4, 0.5) is 5.69 Å². The van der Waals surface area contributed by atoms with Gasteiger partial charge in [-0.2, -0.15) is 0 Å². The van der Waals surface area contributed by atoms with Crippen molar-refractivity contribution in [3.63, 3.8) is 0 Å². The monoisotopic (exact) mass is 271 g/mol. The van der Waals surface area contributed by atoms with E-state index in [1.165, 1.54) is 0 Å². The third-order valence-electron chi connectivity index (χ3n) is 2.91. The highest BCUT2D eigenvalue weighted by atomic mass is 16.3. The highest BCUT2D eigenvalue weighted by molar-refractivity contribution is 5.94. The molecule has 104 valence electrons. The summed E-state index contributed by atoms with van der Waals surface area (Å²) in [6, 6.07) is 9.59. The summed E-state index contributed by atoms with van der Waals surface area (Å²) >= 11 is 0. The van der Waals surface area contributed by atoms with E-state index in [0.29, 0.717) is 12.1 Å². The van der Waals surface area contributed by atoms with Crippen molar-refractivity contribution < 1.29 is 9.90 Å². The van der Waals surface area contributed by atoms with Crippen molar-refractivity contribution in [1.29, 1.82) is 0 Å². The summed E-state index contributed by atoms with van der Waals surface area (Å²) < 4.78 is 0. The number of phenolic OH excluding ortho intramolecular Hbond substituents is 1. The van der Waals surface area contributed by atoms with E-state index in [2.05, 4.69) is 10.3 Å². The second-order valence-corrected chi connectivity index (χ2v) is 4.65. The number of hydrogen-bond donors (Lipinski definition) is 3. The summed E-state index contributed by atoms with van der Waals surface area (Å²) in [4.78, 5) is 16.1. The molecule has 1 amide bonds. The molecular weight excluding hydrogens is 254 g/mol. The van der Waals surface area contributed by atoms with Crippen molar-refractivity contribution in [2.75, 3.05) is 5.32 Å². The molecule has 0 unspecified atom stereocenters. The van der Waals surface area contributed by atoms with Gasteiger partial charge in [0, 0.05) is 5.69 Å². The van der Waals surface area contributed by atoms with Gasteiger partial charge in [-0.05, 0) is 43.2 Å². The van der Waals surface area contributed by atoms with Crippen molar-refractivity contribution in [2.24, 2.45) is 5.73 Å². The summed E-state index contributed by atoms with van der Waals surface area (Å²) in [6.07, 6.45) is 2.01. The molecule has 1 atom stereocenters. The third kappa shape index (κ3) is 3.80. The molecule has 2 rings (SSSR count). The number of rotatable bonds is 4. The second kappa shape index (κ2) is 6.16. The minimum atomic E-state index is -0.652. The van der Waals surface area contributed by atoms with Gasteiger partial charge in [0.15, 0.2) is 0 Å². The maximum Gasteiger partial charge on any atom is 0.241 e. The van der Waals surface area contributed by atoms with Crippen molar-refractivity contribution in [1.82, 2.24) is 4.98 Å². The number of nitrogens with two attached hydrogens (primary N) is 1. The second-order valence-electron chi connectivity index (χ2n) is 4.65. The topological polar surface area (TPSA) is 88.2 Å². The number of phenols is 1. The number of amides is 1. The van der Waals surface area contributed by atoms with Crippen LogP contribution in [0.3, 0.4) is 0 Å². The lowest BCUT2D eigenvalue weighted by Gasteiger charge is -2.12. The predicted molar refractivity (Wildman–Crippen MR) is 77.4 cm³/mol. The SMILES string of the molecule is Cc1ccc(NC(=O)[C@@H](N)Cc2ccc(O)cc2)cn1. The Bertz CT molecular complexity index is 579. The van der Waals surface area contributed by atoms with Gasteiger partial charge in [0.05, 0.1) is 17.9 Å². The number of hydrogen-bond acceptors (Lipinski definition) is 4. The lowest BCUT2D eigenvalue weighted by molar-refractivity contribution is -0.117. The van der Waals surface area contributed by atoms with Crippen molar-refractivity contribution in [3.8, 4) is 5.75 Å². The van der Waals surface area contributed by atoms with Gasteiger partial charge in [0.25, 0.3) is 0 Å². The molecule has 0 aliphatic heterocycles. The molecule has 0 saturated carbocycles. The molecule has 0 aliphatic carbocycles. The minimum Gasteiger partial charge on any atom is -0.508 e. The fourth-order valence-electron chi connectivity index (χ4n) is 1.76. The van der Waals surface area contributed by atoms with Crippen LogP contribution < -0.4 is 11.1 Å². The molecular formula is C15H17N3O2. The number of nitrogens with one attached hydrogen (secondary N) is 1. The first-order chi connectivity index (χ1) is 9.54. The summed E-state index contributed by atoms with van der Waals surface area (Å²) in [6.45, 7) is 1.88. The van der Waals surface area contributed by atoms with Crippen LogP contribution in [0, 0.1) is 6.92 Å². The van der Waals surface area contributed by atoms with Crippen LogP contribution in [0.5, 0.6) is 5.75 Å². The fraction of sp³-hybridized carbons (Fsp3) is 0.200. The molecule has 0 bridgehead atoms. The molecule has 0 radical (unpaired) electrons. The van der Waals surface area contributed by atoms with E-state index in [-0.39, 0.29) is 11.7 Å². The third-order valence-corrected chi connectivity index (χ3v) is 2.91. The van der Waals surface area contributed by atoms with Crippen LogP contribution in [-0.2, 0) is 11.2 Å². The molecule has 1 aromatic heterocycles. The number of aromatic hydroxyl groups is 1. The smallest absolute Gasteiger partial charge is 0.241 e. The van der Waals surface area contributed by atoms with E-state index < -0.39 is 6.04 Å². The normalized spacial score (nSPS) is 11.9. The molecule has 2 aromatic rings. The molecule has 20 heavy (non-hydrogen) atoms. The van der Waals surface area contributed by atoms with Gasteiger partial charge in [-0.3, -0.25) is 9.78 Å².